The van der Waals surface area contributed by atoms with Gasteiger partial charge in [0.25, 0.3) is 0 Å². The van der Waals surface area contributed by atoms with E-state index in [-0.39, 0.29) is 11.8 Å². The summed E-state index contributed by atoms with van der Waals surface area (Å²) in [4.78, 5) is 6.56. The number of hydrogen-bond donors (Lipinski definition) is 0. The van der Waals surface area contributed by atoms with Crippen molar-refractivity contribution in [1.82, 2.24) is 14.2 Å². The molecule has 1 atom stereocenters. The third-order valence-electron chi connectivity index (χ3n) is 3.95. The molecule has 0 aliphatic carbocycles. The van der Waals surface area contributed by atoms with E-state index in [1.807, 2.05) is 43.3 Å². The van der Waals surface area contributed by atoms with E-state index in [2.05, 4.69) is 4.98 Å². The Labute approximate surface area is 135 Å². The molecule has 0 amide bonds. The molecule has 1 aliphatic rings. The van der Waals surface area contributed by atoms with Gasteiger partial charge in [0.1, 0.15) is 5.01 Å². The molecule has 1 aromatic heterocycles. The maximum Gasteiger partial charge on any atom is 0.216 e. The van der Waals surface area contributed by atoms with Crippen molar-refractivity contribution in [2.45, 2.75) is 18.9 Å². The van der Waals surface area contributed by atoms with Crippen molar-refractivity contribution in [3.05, 3.63) is 29.3 Å². The van der Waals surface area contributed by atoms with Crippen molar-refractivity contribution in [3.8, 4) is 0 Å². The summed E-state index contributed by atoms with van der Waals surface area (Å²) in [5.74, 6) is 0.168. The molecule has 1 fully saturated rings. The van der Waals surface area contributed by atoms with E-state index in [1.54, 1.807) is 15.6 Å². The van der Waals surface area contributed by atoms with Crippen molar-refractivity contribution in [1.29, 1.82) is 0 Å². The smallest absolute Gasteiger partial charge is 0.216 e. The molecule has 1 aliphatic heterocycles. The Morgan fingerprint density at radius 3 is 2.86 bits per heavy atom. The van der Waals surface area contributed by atoms with E-state index in [9.17, 15) is 8.42 Å². The third kappa shape index (κ3) is 3.17. The fraction of sp³-hybridized carbons (Fsp3) is 0.533. The van der Waals surface area contributed by atoms with Gasteiger partial charge in [-0.1, -0.05) is 12.1 Å². The normalized spacial score (nSPS) is 20.2. The van der Waals surface area contributed by atoms with Crippen LogP contribution in [-0.2, 0) is 10.0 Å². The lowest BCUT2D eigenvalue weighted by atomic mass is 10.2. The summed E-state index contributed by atoms with van der Waals surface area (Å²) in [6, 6.07) is 7.88. The Morgan fingerprint density at radius 1 is 1.36 bits per heavy atom. The Bertz CT molecular complexity index is 722. The summed E-state index contributed by atoms with van der Waals surface area (Å²) in [6.07, 6.45) is 1.77. The number of sulfonamides is 1. The maximum absolute atomic E-state index is 12.6. The molecule has 0 radical (unpaired) electrons. The number of para-hydroxylation sites is 1. The molecule has 2 heterocycles. The molecule has 1 aromatic carbocycles. The molecule has 0 bridgehead atoms. The number of hydrogen-bond acceptors (Lipinski definition) is 5. The number of thiazole rings is 1. The molecule has 120 valence electrons. The van der Waals surface area contributed by atoms with Crippen LogP contribution in [-0.4, -0.2) is 55.5 Å². The van der Waals surface area contributed by atoms with Gasteiger partial charge in [-0.2, -0.15) is 4.31 Å². The molecular formula is C15H21N3O2S2. The second kappa shape index (κ2) is 6.23. The van der Waals surface area contributed by atoms with Gasteiger partial charge in [-0.15, -0.1) is 11.3 Å². The molecule has 1 saturated heterocycles. The van der Waals surface area contributed by atoms with Crippen LogP contribution in [0.5, 0.6) is 0 Å². The predicted octanol–water partition coefficient (Wildman–Crippen LogP) is 2.32. The van der Waals surface area contributed by atoms with Crippen LogP contribution in [0.4, 0.5) is 0 Å². The molecule has 0 saturated carbocycles. The summed E-state index contributed by atoms with van der Waals surface area (Å²) < 4.78 is 28.0. The van der Waals surface area contributed by atoms with E-state index in [0.717, 1.165) is 28.1 Å². The fourth-order valence-corrected chi connectivity index (χ4v) is 5.78. The second-order valence-corrected chi connectivity index (χ2v) is 9.01. The average Bonchev–Trinajstić information content (AvgIpc) is 3.11. The van der Waals surface area contributed by atoms with Crippen molar-refractivity contribution in [3.63, 3.8) is 0 Å². The van der Waals surface area contributed by atoms with Gasteiger partial charge in [0.2, 0.25) is 10.0 Å². The maximum atomic E-state index is 12.6. The highest BCUT2D eigenvalue weighted by Gasteiger charge is 2.36. The lowest BCUT2D eigenvalue weighted by Crippen LogP contribution is -2.35. The van der Waals surface area contributed by atoms with Crippen molar-refractivity contribution >= 4 is 31.6 Å². The Balaban J connectivity index is 1.86. The highest BCUT2D eigenvalue weighted by molar-refractivity contribution is 7.89. The summed E-state index contributed by atoms with van der Waals surface area (Å²) in [5, 5.41) is 0.923. The van der Waals surface area contributed by atoms with Crippen LogP contribution in [0.2, 0.25) is 0 Å². The largest absolute Gasteiger partial charge is 0.308 e. The zero-order valence-electron chi connectivity index (χ0n) is 12.9. The van der Waals surface area contributed by atoms with Crippen LogP contribution in [0.15, 0.2) is 24.3 Å². The summed E-state index contributed by atoms with van der Waals surface area (Å²) in [6.45, 7) is 1.15. The van der Waals surface area contributed by atoms with E-state index < -0.39 is 10.0 Å². The molecule has 22 heavy (non-hydrogen) atoms. The van der Waals surface area contributed by atoms with E-state index >= 15 is 0 Å². The van der Waals surface area contributed by atoms with Crippen molar-refractivity contribution < 1.29 is 8.42 Å². The van der Waals surface area contributed by atoms with Crippen LogP contribution in [0.25, 0.3) is 10.2 Å². The minimum absolute atomic E-state index is 0.0930. The average molecular weight is 339 g/mol. The Morgan fingerprint density at radius 2 is 2.14 bits per heavy atom. The van der Waals surface area contributed by atoms with Crippen LogP contribution in [0.3, 0.4) is 0 Å². The second-order valence-electron chi connectivity index (χ2n) is 5.91. The SMILES string of the molecule is CN(C)CCS(=O)(=O)N1CCC[C@@H]1c1nc2ccccc2s1. The van der Waals surface area contributed by atoms with Gasteiger partial charge in [-0.05, 0) is 39.1 Å². The first kappa shape index (κ1) is 15.9. The van der Waals surface area contributed by atoms with Gasteiger partial charge >= 0.3 is 0 Å². The van der Waals surface area contributed by atoms with Crippen LogP contribution in [0.1, 0.15) is 23.9 Å². The van der Waals surface area contributed by atoms with Gasteiger partial charge in [-0.3, -0.25) is 0 Å². The topological polar surface area (TPSA) is 53.5 Å². The summed E-state index contributed by atoms with van der Waals surface area (Å²) in [5.41, 5.74) is 0.958. The van der Waals surface area contributed by atoms with Gasteiger partial charge in [0.15, 0.2) is 0 Å². The van der Waals surface area contributed by atoms with Crippen LogP contribution in [0, 0.1) is 0 Å². The first-order valence-corrected chi connectivity index (χ1v) is 9.90. The molecular weight excluding hydrogens is 318 g/mol. The van der Waals surface area contributed by atoms with E-state index in [0.29, 0.717) is 13.1 Å². The minimum Gasteiger partial charge on any atom is -0.308 e. The Kier molecular flexibility index (Phi) is 4.49. The van der Waals surface area contributed by atoms with E-state index in [1.165, 1.54) is 0 Å². The zero-order chi connectivity index (χ0) is 15.7. The number of nitrogens with zero attached hydrogens (tertiary/aromatic N) is 3. The molecule has 5 nitrogen and oxygen atoms in total. The van der Waals surface area contributed by atoms with Crippen molar-refractivity contribution in [2.75, 3.05) is 32.9 Å². The van der Waals surface area contributed by atoms with Crippen LogP contribution < -0.4 is 0 Å². The number of fused-ring (bicyclic) bond motifs is 1. The van der Waals surface area contributed by atoms with Crippen molar-refractivity contribution in [2.24, 2.45) is 0 Å². The van der Waals surface area contributed by atoms with Crippen LogP contribution >= 0.6 is 11.3 Å². The molecule has 0 unspecified atom stereocenters. The molecule has 0 spiro atoms. The lowest BCUT2D eigenvalue weighted by Gasteiger charge is -2.23. The number of aromatic nitrogens is 1. The summed E-state index contributed by atoms with van der Waals surface area (Å²) >= 11 is 1.61. The standard InChI is InChI=1S/C15H21N3O2S2/c1-17(2)10-11-22(19,20)18-9-5-7-13(18)15-16-12-6-3-4-8-14(12)21-15/h3-4,6,8,13H,5,7,9-11H2,1-2H3/t13-/m1/s1. The number of benzene rings is 1. The van der Waals surface area contributed by atoms with Gasteiger partial charge in [0.05, 0.1) is 22.0 Å². The first-order chi connectivity index (χ1) is 10.5. The van der Waals surface area contributed by atoms with E-state index in [4.69, 9.17) is 0 Å². The molecule has 2 aromatic rings. The molecule has 3 rings (SSSR count). The lowest BCUT2D eigenvalue weighted by molar-refractivity contribution is 0.383. The monoisotopic (exact) mass is 339 g/mol. The fourth-order valence-electron chi connectivity index (χ4n) is 2.77. The predicted molar refractivity (Wildman–Crippen MR) is 90.6 cm³/mol. The molecule has 7 heteroatoms. The highest BCUT2D eigenvalue weighted by atomic mass is 32.2. The Hall–Kier alpha value is -1.02. The quantitative estimate of drug-likeness (QED) is 0.839. The zero-order valence-corrected chi connectivity index (χ0v) is 14.5. The van der Waals surface area contributed by atoms with Gasteiger partial charge in [-0.25, -0.2) is 13.4 Å². The van der Waals surface area contributed by atoms with Gasteiger partial charge in [0, 0.05) is 13.1 Å². The molecule has 0 N–H and O–H groups in total. The highest BCUT2D eigenvalue weighted by Crippen LogP contribution is 2.38. The minimum atomic E-state index is -3.23. The third-order valence-corrected chi connectivity index (χ3v) is 6.94. The van der Waals surface area contributed by atoms with Gasteiger partial charge < -0.3 is 4.90 Å². The first-order valence-electron chi connectivity index (χ1n) is 7.47. The number of rotatable bonds is 5. The summed E-state index contributed by atoms with van der Waals surface area (Å²) in [7, 11) is 0.555.